The third-order valence-electron chi connectivity index (χ3n) is 7.48. The smallest absolute Gasteiger partial charge is 0.255 e. The number of nitrogens with zero attached hydrogens (tertiary/aromatic N) is 4. The lowest BCUT2D eigenvalue weighted by Gasteiger charge is -2.30. The minimum atomic E-state index is -4.04. The lowest BCUT2D eigenvalue weighted by atomic mass is 10.2. The molecule has 0 saturated carbocycles. The van der Waals surface area contributed by atoms with E-state index in [1.54, 1.807) is 27.7 Å². The van der Waals surface area contributed by atoms with Crippen molar-refractivity contribution in [3.05, 3.63) is 81.3 Å². The molecule has 0 unspecified atom stereocenters. The van der Waals surface area contributed by atoms with E-state index in [0.29, 0.717) is 49.2 Å². The summed E-state index contributed by atoms with van der Waals surface area (Å²) in [5, 5.41) is 0.460. The normalized spacial score (nSPS) is 17.9. The molecule has 0 aliphatic carbocycles. The lowest BCUT2D eigenvalue weighted by molar-refractivity contribution is 0.0318. The Kier molecular flexibility index (Phi) is 10.2. The summed E-state index contributed by atoms with van der Waals surface area (Å²) < 4.78 is 54.5. The maximum absolute atomic E-state index is 14.4. The van der Waals surface area contributed by atoms with Crippen LogP contribution >= 0.6 is 23.2 Å². The molecule has 2 aromatic carbocycles. The number of sulfone groups is 1. The van der Waals surface area contributed by atoms with Crippen LogP contribution in [0.1, 0.15) is 34.5 Å². The monoisotopic (exact) mass is 638 g/mol. The van der Waals surface area contributed by atoms with E-state index in [-0.39, 0.29) is 40.8 Å². The second-order valence-corrected chi connectivity index (χ2v) is 13.2. The minimum absolute atomic E-state index is 0.0606. The molecular formula is C29H33Cl2FN4O5S. The number of carbonyl (C=O) groups is 1. The van der Waals surface area contributed by atoms with Crippen molar-refractivity contribution in [2.24, 2.45) is 0 Å². The number of imidazole rings is 1. The van der Waals surface area contributed by atoms with E-state index >= 15 is 0 Å². The molecule has 2 fully saturated rings. The van der Waals surface area contributed by atoms with Gasteiger partial charge >= 0.3 is 0 Å². The number of morpholine rings is 1. The summed E-state index contributed by atoms with van der Waals surface area (Å²) in [5.41, 5.74) is 0.879. The number of benzene rings is 2. The van der Waals surface area contributed by atoms with Gasteiger partial charge in [0, 0.05) is 43.4 Å². The summed E-state index contributed by atoms with van der Waals surface area (Å²) in [6, 6.07) is 10.5. The van der Waals surface area contributed by atoms with Gasteiger partial charge < -0.3 is 18.9 Å². The first-order valence-corrected chi connectivity index (χ1v) is 16.3. The molecule has 0 radical (unpaired) electrons. The van der Waals surface area contributed by atoms with E-state index in [1.807, 2.05) is 0 Å². The Bertz CT molecular complexity index is 1510. The van der Waals surface area contributed by atoms with Crippen LogP contribution in [-0.2, 0) is 38.2 Å². The third-order valence-corrected chi connectivity index (χ3v) is 9.61. The van der Waals surface area contributed by atoms with Gasteiger partial charge in [-0.1, -0.05) is 41.4 Å². The van der Waals surface area contributed by atoms with E-state index in [4.69, 9.17) is 32.7 Å². The predicted molar refractivity (Wildman–Crippen MR) is 157 cm³/mol. The molecule has 2 saturated heterocycles. The third kappa shape index (κ3) is 7.50. The van der Waals surface area contributed by atoms with Gasteiger partial charge in [-0.15, -0.1) is 0 Å². The molecule has 2 aliphatic heterocycles. The van der Waals surface area contributed by atoms with Crippen LogP contribution < -0.4 is 0 Å². The van der Waals surface area contributed by atoms with Gasteiger partial charge in [-0.25, -0.2) is 17.8 Å². The number of hydrogen-bond acceptors (Lipinski definition) is 7. The zero-order chi connectivity index (χ0) is 29.7. The Balaban J connectivity index is 1.47. The molecule has 13 heteroatoms. The summed E-state index contributed by atoms with van der Waals surface area (Å²) in [6.07, 6.45) is 2.90. The van der Waals surface area contributed by atoms with Crippen LogP contribution in [0.2, 0.25) is 10.0 Å². The number of ether oxygens (including phenoxy) is 2. The van der Waals surface area contributed by atoms with Gasteiger partial charge in [-0.3, -0.25) is 9.69 Å². The first-order valence-electron chi connectivity index (χ1n) is 13.9. The summed E-state index contributed by atoms with van der Waals surface area (Å²) >= 11 is 12.5. The molecule has 2 aliphatic rings. The molecule has 5 rings (SSSR count). The molecule has 1 amide bonds. The zero-order valence-electron chi connectivity index (χ0n) is 23.1. The molecule has 1 aromatic heterocycles. The average Bonchev–Trinajstić information content (AvgIpc) is 3.63. The van der Waals surface area contributed by atoms with Crippen molar-refractivity contribution in [2.75, 3.05) is 46.0 Å². The van der Waals surface area contributed by atoms with Crippen LogP contribution in [0.15, 0.2) is 53.8 Å². The highest BCUT2D eigenvalue weighted by molar-refractivity contribution is 7.90. The van der Waals surface area contributed by atoms with E-state index in [2.05, 4.69) is 9.88 Å². The number of aromatic nitrogens is 2. The van der Waals surface area contributed by atoms with Gasteiger partial charge in [0.15, 0.2) is 0 Å². The van der Waals surface area contributed by atoms with Crippen LogP contribution in [0.25, 0.3) is 0 Å². The largest absolute Gasteiger partial charge is 0.379 e. The fraction of sp³-hybridized carbons (Fsp3) is 0.448. The Morgan fingerprint density at radius 1 is 1.12 bits per heavy atom. The molecule has 3 aromatic rings. The highest BCUT2D eigenvalue weighted by atomic mass is 35.5. The highest BCUT2D eigenvalue weighted by Gasteiger charge is 2.30. The fourth-order valence-corrected chi connectivity index (χ4v) is 7.21. The van der Waals surface area contributed by atoms with Crippen molar-refractivity contribution in [2.45, 2.75) is 42.9 Å². The van der Waals surface area contributed by atoms with Gasteiger partial charge in [0.25, 0.3) is 5.91 Å². The SMILES string of the molecule is O=C(c1ccc(Cl)cc1Cl)N(CCN1CCOCC1)Cc1cnc(S(=O)(=O)Cc2ccccc2F)n1C[C@H]1CCCO1. The van der Waals surface area contributed by atoms with Crippen molar-refractivity contribution < 1.29 is 27.1 Å². The molecule has 9 nitrogen and oxygen atoms in total. The molecule has 0 spiro atoms. The van der Waals surface area contributed by atoms with Crippen LogP contribution in [0, 0.1) is 5.82 Å². The van der Waals surface area contributed by atoms with E-state index < -0.39 is 21.4 Å². The van der Waals surface area contributed by atoms with E-state index in [9.17, 15) is 17.6 Å². The van der Waals surface area contributed by atoms with Gasteiger partial charge in [0.05, 0.1) is 60.6 Å². The molecule has 1 atom stereocenters. The van der Waals surface area contributed by atoms with E-state index in [0.717, 1.165) is 25.9 Å². The number of amides is 1. The maximum Gasteiger partial charge on any atom is 0.255 e. The first-order chi connectivity index (χ1) is 20.2. The van der Waals surface area contributed by atoms with Crippen molar-refractivity contribution in [3.8, 4) is 0 Å². The summed E-state index contributed by atoms with van der Waals surface area (Å²) in [4.78, 5) is 22.0. The Hall–Kier alpha value is -2.54. The lowest BCUT2D eigenvalue weighted by Crippen LogP contribution is -2.43. The van der Waals surface area contributed by atoms with Crippen LogP contribution in [0.3, 0.4) is 0 Å². The minimum Gasteiger partial charge on any atom is -0.379 e. The van der Waals surface area contributed by atoms with Crippen molar-refractivity contribution in [1.29, 1.82) is 0 Å². The maximum atomic E-state index is 14.4. The van der Waals surface area contributed by atoms with Crippen LogP contribution in [-0.4, -0.2) is 85.8 Å². The first kappa shape index (κ1) is 30.9. The number of hydrogen-bond donors (Lipinski definition) is 0. The Labute approximate surface area is 255 Å². The quantitative estimate of drug-likeness (QED) is 0.306. The summed E-state index contributed by atoms with van der Waals surface area (Å²) in [7, 11) is -4.04. The van der Waals surface area contributed by atoms with E-state index in [1.165, 1.54) is 30.5 Å². The molecule has 3 heterocycles. The second-order valence-electron chi connectivity index (χ2n) is 10.4. The number of carbonyl (C=O) groups excluding carboxylic acids is 1. The molecule has 0 N–H and O–H groups in total. The predicted octanol–water partition coefficient (Wildman–Crippen LogP) is 4.46. The topological polar surface area (TPSA) is 94.0 Å². The van der Waals surface area contributed by atoms with Gasteiger partial charge in [-0.2, -0.15) is 0 Å². The Morgan fingerprint density at radius 2 is 1.90 bits per heavy atom. The molecule has 0 bridgehead atoms. The van der Waals surface area contributed by atoms with Gasteiger partial charge in [0.2, 0.25) is 15.0 Å². The van der Waals surface area contributed by atoms with Crippen LogP contribution in [0.4, 0.5) is 4.39 Å². The highest BCUT2D eigenvalue weighted by Crippen LogP contribution is 2.26. The molecule has 226 valence electrons. The van der Waals surface area contributed by atoms with Crippen molar-refractivity contribution >= 4 is 38.9 Å². The second kappa shape index (κ2) is 13.8. The zero-order valence-corrected chi connectivity index (χ0v) is 25.4. The van der Waals surface area contributed by atoms with Crippen molar-refractivity contribution in [1.82, 2.24) is 19.4 Å². The standard InChI is InChI=1S/C29H33Cl2FN4O5S/c30-22-7-8-25(26(31)16-22)28(37)35(10-9-34-11-14-40-15-12-34)18-23-17-33-29(36(23)19-24-5-3-13-41-24)42(38,39)20-21-4-1-2-6-27(21)32/h1-2,4,6-8,16-17,24H,3,5,9-15,18-20H2/t24-/m1/s1. The van der Waals surface area contributed by atoms with Crippen LogP contribution in [0.5, 0.6) is 0 Å². The Morgan fingerprint density at radius 3 is 2.62 bits per heavy atom. The van der Waals surface area contributed by atoms with Gasteiger partial charge in [-0.05, 0) is 37.1 Å². The fourth-order valence-electron chi connectivity index (χ4n) is 5.21. The van der Waals surface area contributed by atoms with Gasteiger partial charge in [0.1, 0.15) is 5.82 Å². The molecule has 42 heavy (non-hydrogen) atoms. The van der Waals surface area contributed by atoms with Crippen molar-refractivity contribution in [3.63, 3.8) is 0 Å². The summed E-state index contributed by atoms with van der Waals surface area (Å²) in [5.74, 6) is -1.45. The summed E-state index contributed by atoms with van der Waals surface area (Å²) in [6.45, 7) is 4.61. The number of rotatable bonds is 11. The molecular weight excluding hydrogens is 606 g/mol. The number of halogens is 3. The average molecular weight is 640 g/mol.